The molecular weight excluding hydrogens is 196 g/mol. The number of hydrogen-bond acceptors (Lipinski definition) is 1. The van der Waals surface area contributed by atoms with Crippen LogP contribution in [0.2, 0.25) is 0 Å². The van der Waals surface area contributed by atoms with Gasteiger partial charge in [-0.05, 0) is 38.3 Å². The van der Waals surface area contributed by atoms with E-state index < -0.39 is 0 Å². The van der Waals surface area contributed by atoms with E-state index in [9.17, 15) is 0 Å². The summed E-state index contributed by atoms with van der Waals surface area (Å²) in [4.78, 5) is 0. The van der Waals surface area contributed by atoms with E-state index in [1.807, 2.05) is 0 Å². The molecule has 0 spiro atoms. The first-order valence-corrected chi connectivity index (χ1v) is 5.75. The van der Waals surface area contributed by atoms with E-state index in [0.29, 0.717) is 0 Å². The quantitative estimate of drug-likeness (QED) is 0.813. The van der Waals surface area contributed by atoms with E-state index in [1.54, 1.807) is 0 Å². The highest BCUT2D eigenvalue weighted by Gasteiger charge is 2.11. The summed E-state index contributed by atoms with van der Waals surface area (Å²) in [6.07, 6.45) is 1.00. The summed E-state index contributed by atoms with van der Waals surface area (Å²) >= 11 is 0. The van der Waals surface area contributed by atoms with Crippen LogP contribution in [0.1, 0.15) is 29.3 Å². The molecule has 1 N–H and O–H groups in total. The van der Waals surface area contributed by atoms with Crippen LogP contribution in [0, 0.1) is 20.8 Å². The molecule has 0 saturated heterocycles. The average Bonchev–Trinajstić information content (AvgIpc) is 2.60. The molecule has 16 heavy (non-hydrogen) atoms. The minimum atomic E-state index is 1.00. The van der Waals surface area contributed by atoms with Crippen molar-refractivity contribution in [2.24, 2.45) is 0 Å². The van der Waals surface area contributed by atoms with Crippen LogP contribution in [-0.2, 0) is 6.42 Å². The Balaban J connectivity index is 2.54. The number of hydrogen-bond donors (Lipinski definition) is 1. The van der Waals surface area contributed by atoms with Crippen LogP contribution in [0.5, 0.6) is 0 Å². The second-order valence-corrected chi connectivity index (χ2v) is 4.35. The molecule has 0 radical (unpaired) electrons. The van der Waals surface area contributed by atoms with Crippen molar-refractivity contribution >= 4 is 0 Å². The van der Waals surface area contributed by atoms with E-state index in [2.05, 4.69) is 56.1 Å². The molecule has 0 fully saturated rings. The van der Waals surface area contributed by atoms with Crippen LogP contribution >= 0.6 is 0 Å². The Morgan fingerprint density at radius 3 is 2.50 bits per heavy atom. The fourth-order valence-corrected chi connectivity index (χ4v) is 2.12. The smallest absolute Gasteiger partial charge is 0.0955 e. The number of benzene rings is 1. The summed E-state index contributed by atoms with van der Waals surface area (Å²) in [6.45, 7) is 8.54. The lowest BCUT2D eigenvalue weighted by molar-refractivity contribution is 0.970. The third kappa shape index (κ3) is 1.75. The van der Waals surface area contributed by atoms with Gasteiger partial charge in [0.1, 0.15) is 0 Å². The number of nitrogens with one attached hydrogen (secondary N) is 1. The molecule has 0 unspecified atom stereocenters. The first-order valence-electron chi connectivity index (χ1n) is 5.75. The zero-order valence-corrected chi connectivity index (χ0v) is 10.4. The molecule has 0 aliphatic heterocycles. The lowest BCUT2D eigenvalue weighted by Crippen LogP contribution is -1.87. The zero-order valence-electron chi connectivity index (χ0n) is 10.4. The van der Waals surface area contributed by atoms with Crippen LogP contribution in [0.25, 0.3) is 11.3 Å². The zero-order chi connectivity index (χ0) is 11.7. The fraction of sp³-hybridized carbons (Fsp3) is 0.357. The largest absolute Gasteiger partial charge is 0.282 e. The van der Waals surface area contributed by atoms with E-state index >= 15 is 0 Å². The topological polar surface area (TPSA) is 28.7 Å². The minimum absolute atomic E-state index is 1.00. The van der Waals surface area contributed by atoms with Gasteiger partial charge in [0.25, 0.3) is 0 Å². The SMILES string of the molecule is CCc1[nH]nc(-c2ccc(C)cc2C)c1C. The molecule has 2 aromatic rings. The third-order valence-electron chi connectivity index (χ3n) is 3.10. The number of aromatic amines is 1. The molecule has 0 aliphatic carbocycles. The molecule has 2 rings (SSSR count). The van der Waals surface area contributed by atoms with Crippen LogP contribution in [0.4, 0.5) is 0 Å². The van der Waals surface area contributed by atoms with Gasteiger partial charge in [0.2, 0.25) is 0 Å². The summed E-state index contributed by atoms with van der Waals surface area (Å²) < 4.78 is 0. The van der Waals surface area contributed by atoms with Gasteiger partial charge in [0.15, 0.2) is 0 Å². The van der Waals surface area contributed by atoms with Gasteiger partial charge in [-0.15, -0.1) is 0 Å². The van der Waals surface area contributed by atoms with Crippen molar-refractivity contribution in [2.45, 2.75) is 34.1 Å². The second-order valence-electron chi connectivity index (χ2n) is 4.35. The Morgan fingerprint density at radius 2 is 1.94 bits per heavy atom. The Morgan fingerprint density at radius 1 is 1.19 bits per heavy atom. The molecule has 1 aromatic carbocycles. The predicted molar refractivity (Wildman–Crippen MR) is 67.6 cm³/mol. The van der Waals surface area contributed by atoms with Crippen molar-refractivity contribution in [3.8, 4) is 11.3 Å². The van der Waals surface area contributed by atoms with Crippen molar-refractivity contribution in [1.82, 2.24) is 10.2 Å². The number of nitrogens with zero attached hydrogens (tertiary/aromatic N) is 1. The molecule has 0 bridgehead atoms. The summed E-state index contributed by atoms with van der Waals surface area (Å²) in [5.41, 5.74) is 7.42. The predicted octanol–water partition coefficient (Wildman–Crippen LogP) is 3.56. The molecule has 0 atom stereocenters. The molecular formula is C14H18N2. The molecule has 0 aliphatic rings. The fourth-order valence-electron chi connectivity index (χ4n) is 2.12. The lowest BCUT2D eigenvalue weighted by atomic mass is 10.00. The lowest BCUT2D eigenvalue weighted by Gasteiger charge is -2.05. The third-order valence-corrected chi connectivity index (χ3v) is 3.10. The highest BCUT2D eigenvalue weighted by atomic mass is 15.1. The maximum absolute atomic E-state index is 4.42. The van der Waals surface area contributed by atoms with Crippen molar-refractivity contribution in [3.05, 3.63) is 40.6 Å². The molecule has 1 heterocycles. The Bertz CT molecular complexity index is 509. The first kappa shape index (κ1) is 10.9. The maximum Gasteiger partial charge on any atom is 0.0955 e. The van der Waals surface area contributed by atoms with Crippen molar-refractivity contribution in [2.75, 3.05) is 0 Å². The monoisotopic (exact) mass is 214 g/mol. The van der Waals surface area contributed by atoms with E-state index in [1.165, 1.54) is 27.9 Å². The van der Waals surface area contributed by atoms with Crippen LogP contribution < -0.4 is 0 Å². The van der Waals surface area contributed by atoms with Gasteiger partial charge >= 0.3 is 0 Å². The minimum Gasteiger partial charge on any atom is -0.282 e. The standard InChI is InChI=1S/C14H18N2/c1-5-13-11(4)14(16-15-13)12-7-6-9(2)8-10(12)3/h6-8H,5H2,1-4H3,(H,15,16). The van der Waals surface area contributed by atoms with Crippen LogP contribution in [-0.4, -0.2) is 10.2 Å². The Kier molecular flexibility index (Phi) is 2.82. The average molecular weight is 214 g/mol. The highest BCUT2D eigenvalue weighted by Crippen LogP contribution is 2.26. The van der Waals surface area contributed by atoms with E-state index in [-0.39, 0.29) is 0 Å². The molecule has 2 heteroatoms. The molecule has 84 valence electrons. The number of aryl methyl sites for hydroxylation is 3. The Hall–Kier alpha value is -1.57. The van der Waals surface area contributed by atoms with Gasteiger partial charge in [0.05, 0.1) is 5.69 Å². The summed E-state index contributed by atoms with van der Waals surface area (Å²) in [5, 5.41) is 7.54. The molecule has 1 aromatic heterocycles. The number of rotatable bonds is 2. The van der Waals surface area contributed by atoms with Crippen molar-refractivity contribution < 1.29 is 0 Å². The first-order chi connectivity index (χ1) is 7.63. The molecule has 0 amide bonds. The summed E-state index contributed by atoms with van der Waals surface area (Å²) in [7, 11) is 0. The summed E-state index contributed by atoms with van der Waals surface area (Å²) in [6, 6.07) is 6.50. The van der Waals surface area contributed by atoms with Crippen LogP contribution in [0.15, 0.2) is 18.2 Å². The van der Waals surface area contributed by atoms with Gasteiger partial charge in [-0.25, -0.2) is 0 Å². The van der Waals surface area contributed by atoms with Crippen molar-refractivity contribution in [1.29, 1.82) is 0 Å². The second kappa shape index (κ2) is 4.12. The highest BCUT2D eigenvalue weighted by molar-refractivity contribution is 5.67. The maximum atomic E-state index is 4.42. The van der Waals surface area contributed by atoms with E-state index in [4.69, 9.17) is 0 Å². The number of aromatic nitrogens is 2. The Labute approximate surface area is 96.7 Å². The summed E-state index contributed by atoms with van der Waals surface area (Å²) in [5.74, 6) is 0. The van der Waals surface area contributed by atoms with Gasteiger partial charge in [-0.1, -0.05) is 30.7 Å². The van der Waals surface area contributed by atoms with Gasteiger partial charge in [-0.2, -0.15) is 5.10 Å². The van der Waals surface area contributed by atoms with Crippen LogP contribution in [0.3, 0.4) is 0 Å². The van der Waals surface area contributed by atoms with Gasteiger partial charge in [-0.3, -0.25) is 5.10 Å². The molecule has 0 saturated carbocycles. The normalized spacial score (nSPS) is 10.8. The van der Waals surface area contributed by atoms with E-state index in [0.717, 1.165) is 12.1 Å². The number of H-pyrrole nitrogens is 1. The van der Waals surface area contributed by atoms with Gasteiger partial charge < -0.3 is 0 Å². The van der Waals surface area contributed by atoms with Gasteiger partial charge in [0, 0.05) is 11.3 Å². The molecule has 2 nitrogen and oxygen atoms in total. The van der Waals surface area contributed by atoms with Crippen molar-refractivity contribution in [3.63, 3.8) is 0 Å².